The first-order chi connectivity index (χ1) is 40.0. The van der Waals surface area contributed by atoms with Gasteiger partial charge in [0, 0.05) is 65.2 Å². The highest BCUT2D eigenvalue weighted by molar-refractivity contribution is 9.12. The lowest BCUT2D eigenvalue weighted by atomic mass is 10.0. The van der Waals surface area contributed by atoms with E-state index in [9.17, 15) is 31.2 Å². The van der Waals surface area contributed by atoms with Gasteiger partial charge in [-0.2, -0.15) is 13.7 Å². The van der Waals surface area contributed by atoms with E-state index in [1.165, 1.54) is 28.2 Å². The number of nitrogens with one attached hydrogen (secondary N) is 1. The molecule has 0 radical (unpaired) electrons. The van der Waals surface area contributed by atoms with Crippen molar-refractivity contribution in [1.82, 2.24) is 25.4 Å². The molecule has 1 fully saturated rings. The average molecular weight is 1310 g/mol. The van der Waals surface area contributed by atoms with Crippen LogP contribution in [0.1, 0.15) is 158 Å². The van der Waals surface area contributed by atoms with Crippen molar-refractivity contribution in [3.8, 4) is 29.4 Å². The Morgan fingerprint density at radius 3 is 1.56 bits per heavy atom. The molecule has 2 aliphatic rings. The van der Waals surface area contributed by atoms with E-state index in [0.717, 1.165) is 46.1 Å². The van der Waals surface area contributed by atoms with Crippen molar-refractivity contribution in [2.24, 2.45) is 17.8 Å². The predicted octanol–water partition coefficient (Wildman–Crippen LogP) is 13.7. The lowest BCUT2D eigenvalue weighted by molar-refractivity contribution is -0.138. The summed E-state index contributed by atoms with van der Waals surface area (Å²) in [5.41, 5.74) is 7.78. The van der Waals surface area contributed by atoms with Gasteiger partial charge in [-0.3, -0.25) is 24.3 Å². The number of nitriles is 1. The van der Waals surface area contributed by atoms with E-state index < -0.39 is 31.2 Å². The molecule has 0 spiro atoms. The van der Waals surface area contributed by atoms with Gasteiger partial charge in [-0.05, 0) is 141 Å². The Hall–Kier alpha value is -6.97. The summed E-state index contributed by atoms with van der Waals surface area (Å²) in [4.78, 5) is 38.0. The van der Waals surface area contributed by atoms with Crippen LogP contribution in [0.25, 0.3) is 17.5 Å². The Labute approximate surface area is 527 Å². The number of rotatable bonds is 13. The van der Waals surface area contributed by atoms with Crippen LogP contribution < -0.4 is 5.32 Å². The second kappa shape index (κ2) is 48.2. The van der Waals surface area contributed by atoms with E-state index in [-0.39, 0.29) is 46.7 Å². The van der Waals surface area contributed by atoms with Crippen LogP contribution in [0.3, 0.4) is 0 Å². The average Bonchev–Trinajstić information content (AvgIpc) is 4.23. The number of aryl methyl sites for hydroxylation is 1. The largest absolute Gasteiger partial charge is 0.421 e. The molecule has 0 saturated carbocycles. The van der Waals surface area contributed by atoms with Crippen molar-refractivity contribution in [1.29, 1.82) is 5.26 Å². The van der Waals surface area contributed by atoms with E-state index in [1.807, 2.05) is 82.3 Å². The van der Waals surface area contributed by atoms with E-state index in [1.54, 1.807) is 53.0 Å². The molecule has 2 aromatic heterocycles. The van der Waals surface area contributed by atoms with Crippen LogP contribution in [0.5, 0.6) is 0 Å². The molecule has 6 rings (SSSR count). The third-order valence-electron chi connectivity index (χ3n) is 9.99. The molecule has 1 unspecified atom stereocenters. The zero-order valence-electron chi connectivity index (χ0n) is 53.6. The van der Waals surface area contributed by atoms with Gasteiger partial charge in [0.2, 0.25) is 11.8 Å². The number of carbonyl (C=O) groups is 3. The first kappa shape index (κ1) is 85.5. The summed E-state index contributed by atoms with van der Waals surface area (Å²) < 4.78 is 69.8. The van der Waals surface area contributed by atoms with Gasteiger partial charge in [-0.25, -0.2) is 16.8 Å². The fourth-order valence-corrected chi connectivity index (χ4v) is 7.34. The maximum absolute atomic E-state index is 11.1. The maximum Gasteiger partial charge on any atom is 0.335 e. The van der Waals surface area contributed by atoms with Crippen molar-refractivity contribution in [2.75, 3.05) is 12.4 Å². The minimum absolute atomic E-state index is 0.0682. The molecule has 86 heavy (non-hydrogen) atoms. The van der Waals surface area contributed by atoms with Crippen LogP contribution in [-0.4, -0.2) is 98.9 Å². The van der Waals surface area contributed by atoms with Gasteiger partial charge >= 0.3 is 11.6 Å². The summed E-state index contributed by atoms with van der Waals surface area (Å²) in [6.07, 6.45) is 6.64. The second-order valence-electron chi connectivity index (χ2n) is 21.2. The van der Waals surface area contributed by atoms with Gasteiger partial charge in [0.1, 0.15) is 0 Å². The molecule has 4 heterocycles. The van der Waals surface area contributed by atoms with Crippen molar-refractivity contribution in [3.63, 3.8) is 0 Å². The van der Waals surface area contributed by atoms with Crippen LogP contribution in [0, 0.1) is 47.8 Å². The van der Waals surface area contributed by atoms with Crippen LogP contribution in [-0.2, 0) is 50.4 Å². The summed E-state index contributed by atoms with van der Waals surface area (Å²) in [5, 5.41) is 20.3. The number of aromatic nitrogens is 3. The Morgan fingerprint density at radius 2 is 1.31 bits per heavy atom. The number of amides is 3. The zero-order chi connectivity index (χ0) is 67.3. The van der Waals surface area contributed by atoms with Crippen LogP contribution in [0.2, 0.25) is 0 Å². The number of sulfone groups is 2. The SMILES string of the molecule is C=C=CC(=O)NC(C)C.C=CS(=O)(=O)C(C)C.C=CS(=O)(=O)CC(C)C.C=Cc1ccccn1.CC(C)C.CC(C)C1CO1.CC(C)N1C(=O)C=C(Br)C1=O.CC(C)c1ccc(C#CC#N)cc1.Cc1nnc(-c2ccc(C(C)C)cc2)o1.O=S=O. The minimum atomic E-state index is -2.97. The Balaban J connectivity index is -0.000000445. The molecule has 474 valence electrons. The quantitative estimate of drug-likeness (QED) is 0.0429. The van der Waals surface area contributed by atoms with Gasteiger partial charge in [0.15, 0.2) is 25.7 Å². The number of imide groups is 1. The highest BCUT2D eigenvalue weighted by Crippen LogP contribution is 2.22. The molecule has 2 aliphatic heterocycles. The van der Waals surface area contributed by atoms with E-state index in [4.69, 9.17) is 22.8 Å². The number of hydrogen-bond acceptors (Lipinski definition) is 15. The second-order valence-corrected chi connectivity index (χ2v) is 26.7. The number of benzene rings is 2. The smallest absolute Gasteiger partial charge is 0.335 e. The number of carbonyl (C=O) groups excluding carboxylic acids is 3. The van der Waals surface area contributed by atoms with Gasteiger partial charge in [0.25, 0.3) is 17.7 Å². The van der Waals surface area contributed by atoms with Crippen molar-refractivity contribution in [3.05, 3.63) is 161 Å². The van der Waals surface area contributed by atoms with Gasteiger partial charge < -0.3 is 14.5 Å². The van der Waals surface area contributed by atoms with Gasteiger partial charge in [0.05, 0.1) is 33.9 Å². The van der Waals surface area contributed by atoms with Crippen LogP contribution >= 0.6 is 15.9 Å². The number of hydrogen-bond donors (Lipinski definition) is 1. The number of ether oxygens (including phenoxy) is 1. The molecule has 1 saturated heterocycles. The molecule has 0 bridgehead atoms. The summed E-state index contributed by atoms with van der Waals surface area (Å²) in [7, 11) is -5.93. The maximum atomic E-state index is 11.1. The predicted molar refractivity (Wildman–Crippen MR) is 354 cm³/mol. The molecule has 3 amide bonds. The number of halogens is 1. The topological polar surface area (TPSA) is 257 Å². The first-order valence-corrected chi connectivity index (χ1v) is 32.4. The Morgan fingerprint density at radius 1 is 0.814 bits per heavy atom. The standard InChI is InChI=1S/C12H14N2O.C12H11N.C7H8BrNO2.C7H11NO.C7H7N.C6H12O2S.C5H10O2S.C5H10O.C4H10.O2S/c1-8(2)10-4-6-11(7-5-10)12-14-13-9(3)15-12;1-10(2)12-7-5-11(6-8-12)4-3-9-13;1-4(2)9-6(10)3-5(8)7(9)11;1-4-5-7(9)8-6(2)3;1-2-7-5-3-4-6-8-7;1-4-9(7,8)5-6(2)3;1-4-8(6,7)5(2)3;1-4(2)5-3-6-5;1-4(2)3;1-3-2/h4-8H,1-3H3;5-8,10H,1-2H3;3-4H,1-2H3;5-6H,1H2,2-3H3,(H,8,9);2-6H,1H2;4,6H,1,5H2,2-3H3;4-5H,1H2,2-3H3;4-5H,3H2,1-2H3;4H,1-3H3;. The van der Waals surface area contributed by atoms with E-state index >= 15 is 0 Å². The van der Waals surface area contributed by atoms with E-state index in [0.29, 0.717) is 34.2 Å². The molecule has 1 N–H and O–H groups in total. The third kappa shape index (κ3) is 45.4. The number of nitrogens with zero attached hydrogens (tertiary/aromatic N) is 5. The number of pyridine rings is 1. The summed E-state index contributed by atoms with van der Waals surface area (Å²) in [5.74, 6) is 8.73. The molecule has 1 atom stereocenters. The molecule has 2 aromatic carbocycles. The van der Waals surface area contributed by atoms with Gasteiger partial charge in [-0.1, -0.05) is 139 Å². The highest BCUT2D eigenvalue weighted by atomic mass is 79.9. The summed E-state index contributed by atoms with van der Waals surface area (Å²) >= 11 is 2.25. The lowest BCUT2D eigenvalue weighted by Crippen LogP contribution is -2.36. The third-order valence-corrected chi connectivity index (χ3v) is 14.0. The summed E-state index contributed by atoms with van der Waals surface area (Å²) in [6, 6.07) is 23.8. The fourth-order valence-electron chi connectivity index (χ4n) is 5.50. The Kier molecular flexibility index (Phi) is 47.9. The van der Waals surface area contributed by atoms with Crippen LogP contribution in [0.15, 0.2) is 137 Å². The molecule has 4 aromatic rings. The van der Waals surface area contributed by atoms with Crippen molar-refractivity contribution >= 4 is 71.0 Å². The highest BCUT2D eigenvalue weighted by Gasteiger charge is 2.31. The minimum Gasteiger partial charge on any atom is -0.421 e. The Bertz CT molecular complexity index is 3080. The molecular formula is C65H93BrN6O11S3. The fraction of sp³-hybridized carbons (Fsp3) is 0.446. The first-order valence-electron chi connectivity index (χ1n) is 27.6. The monoisotopic (exact) mass is 1310 g/mol. The molecule has 0 aliphatic carbocycles. The molecule has 21 heteroatoms. The summed E-state index contributed by atoms with van der Waals surface area (Å²) in [6.45, 7) is 49.9. The van der Waals surface area contributed by atoms with E-state index in [2.05, 4.69) is 155 Å². The normalized spacial score (nSPS) is 12.3. The molecule has 17 nitrogen and oxygen atoms in total. The zero-order valence-corrected chi connectivity index (χ0v) is 57.6. The molecular weight excluding hydrogens is 1220 g/mol. The van der Waals surface area contributed by atoms with Crippen molar-refractivity contribution in [2.45, 2.75) is 160 Å². The number of epoxide rings is 1. The van der Waals surface area contributed by atoms with Gasteiger partial charge in [-0.15, -0.1) is 15.9 Å². The van der Waals surface area contributed by atoms with Crippen molar-refractivity contribution < 1.29 is 48.8 Å². The van der Waals surface area contributed by atoms with Crippen LogP contribution in [0.4, 0.5) is 0 Å². The lowest BCUT2D eigenvalue weighted by Gasteiger charge is -2.17.